The van der Waals surface area contributed by atoms with E-state index < -0.39 is 23.7 Å². The highest BCUT2D eigenvalue weighted by Crippen LogP contribution is 2.19. The fourth-order valence-electron chi connectivity index (χ4n) is 2.05. The molecule has 0 aliphatic carbocycles. The van der Waals surface area contributed by atoms with Crippen molar-refractivity contribution < 1.29 is 19.1 Å². The van der Waals surface area contributed by atoms with E-state index in [1.807, 2.05) is 0 Å². The van der Waals surface area contributed by atoms with Gasteiger partial charge in [0.05, 0.1) is 6.61 Å². The van der Waals surface area contributed by atoms with Gasteiger partial charge in [0.15, 0.2) is 0 Å². The van der Waals surface area contributed by atoms with Crippen LogP contribution in [0.3, 0.4) is 0 Å². The van der Waals surface area contributed by atoms with Crippen LogP contribution in [-0.4, -0.2) is 41.8 Å². The molecule has 0 aromatic carbocycles. The third-order valence-electron chi connectivity index (χ3n) is 3.06. The lowest BCUT2D eigenvalue weighted by Crippen LogP contribution is -2.51. The normalized spacial score (nSPS) is 19.8. The van der Waals surface area contributed by atoms with Crippen LogP contribution in [0.25, 0.3) is 0 Å². The first-order valence-electron chi connectivity index (χ1n) is 6.50. The second-order valence-electron chi connectivity index (χ2n) is 4.78. The maximum atomic E-state index is 12.0. The van der Waals surface area contributed by atoms with Crippen molar-refractivity contribution in [2.24, 2.45) is 5.92 Å². The van der Waals surface area contributed by atoms with Gasteiger partial charge in [0.2, 0.25) is 5.78 Å². The van der Waals surface area contributed by atoms with E-state index in [2.05, 4.69) is 0 Å². The smallest absolute Gasteiger partial charge is 0.328 e. The van der Waals surface area contributed by atoms with Crippen molar-refractivity contribution in [3.05, 3.63) is 0 Å². The van der Waals surface area contributed by atoms with Gasteiger partial charge in [-0.05, 0) is 26.2 Å². The van der Waals surface area contributed by atoms with Crippen LogP contribution in [0, 0.1) is 5.92 Å². The number of rotatable bonds is 4. The predicted molar refractivity (Wildman–Crippen MR) is 65.8 cm³/mol. The molecule has 1 unspecified atom stereocenters. The molecule has 0 aromatic heterocycles. The van der Waals surface area contributed by atoms with E-state index in [4.69, 9.17) is 4.74 Å². The first-order valence-corrected chi connectivity index (χ1v) is 6.50. The molecule has 0 radical (unpaired) electrons. The minimum Gasteiger partial charge on any atom is -0.464 e. The Kier molecular flexibility index (Phi) is 5.31. The van der Waals surface area contributed by atoms with Gasteiger partial charge in [0, 0.05) is 12.5 Å². The molecule has 1 rings (SSSR count). The van der Waals surface area contributed by atoms with Crippen molar-refractivity contribution in [3.8, 4) is 0 Å². The molecule has 1 aliphatic rings. The molecule has 0 N–H and O–H groups in total. The Hall–Kier alpha value is -1.39. The number of likely N-dealkylation sites (tertiary alicyclic amines) is 1. The summed E-state index contributed by atoms with van der Waals surface area (Å²) >= 11 is 0. The van der Waals surface area contributed by atoms with Crippen LogP contribution in [0.1, 0.15) is 40.0 Å². The maximum absolute atomic E-state index is 12.0. The Morgan fingerprint density at radius 2 is 1.94 bits per heavy atom. The summed E-state index contributed by atoms with van der Waals surface area (Å²) in [5.41, 5.74) is 0. The van der Waals surface area contributed by atoms with Crippen molar-refractivity contribution >= 4 is 17.7 Å². The number of nitrogens with zero attached hydrogens (tertiary/aromatic N) is 1. The molecule has 0 bridgehead atoms. The van der Waals surface area contributed by atoms with Gasteiger partial charge in [-0.2, -0.15) is 0 Å². The minimum atomic E-state index is -0.589. The van der Waals surface area contributed by atoms with Crippen molar-refractivity contribution in [2.45, 2.75) is 46.1 Å². The Balaban J connectivity index is 2.79. The van der Waals surface area contributed by atoms with E-state index in [1.54, 1.807) is 20.8 Å². The molecular formula is C13H21NO4. The van der Waals surface area contributed by atoms with Crippen molar-refractivity contribution in [1.29, 1.82) is 0 Å². The molecule has 0 saturated carbocycles. The van der Waals surface area contributed by atoms with Crippen molar-refractivity contribution in [2.75, 3.05) is 13.2 Å². The van der Waals surface area contributed by atoms with E-state index >= 15 is 0 Å². The molecule has 1 amide bonds. The second kappa shape index (κ2) is 6.52. The number of Topliss-reactive ketones (excluding diaryl/α,β-unsaturated/α-hetero) is 1. The lowest BCUT2D eigenvalue weighted by molar-refractivity contribution is -0.159. The van der Waals surface area contributed by atoms with Crippen LogP contribution in [0.2, 0.25) is 0 Å². The molecule has 0 spiro atoms. The summed E-state index contributed by atoms with van der Waals surface area (Å²) in [6.07, 6.45) is 2.28. The number of ketones is 1. The number of hydrogen-bond donors (Lipinski definition) is 0. The molecule has 1 heterocycles. The van der Waals surface area contributed by atoms with Crippen molar-refractivity contribution in [1.82, 2.24) is 4.90 Å². The van der Waals surface area contributed by atoms with Crippen molar-refractivity contribution in [3.63, 3.8) is 0 Å². The summed E-state index contributed by atoms with van der Waals surface area (Å²) in [5, 5.41) is 0. The third kappa shape index (κ3) is 3.31. The van der Waals surface area contributed by atoms with Gasteiger partial charge >= 0.3 is 5.97 Å². The zero-order valence-corrected chi connectivity index (χ0v) is 11.3. The first-order chi connectivity index (χ1) is 8.49. The minimum absolute atomic E-state index is 0.287. The second-order valence-corrected chi connectivity index (χ2v) is 4.78. The summed E-state index contributed by atoms with van der Waals surface area (Å²) in [6.45, 7) is 5.84. The van der Waals surface area contributed by atoms with E-state index in [0.29, 0.717) is 13.0 Å². The quantitative estimate of drug-likeness (QED) is 0.558. The fourth-order valence-corrected chi connectivity index (χ4v) is 2.05. The average Bonchev–Trinajstić information content (AvgIpc) is 2.37. The largest absolute Gasteiger partial charge is 0.464 e. The van der Waals surface area contributed by atoms with Gasteiger partial charge in [-0.3, -0.25) is 9.59 Å². The summed E-state index contributed by atoms with van der Waals surface area (Å²) < 4.78 is 4.96. The topological polar surface area (TPSA) is 63.7 Å². The van der Waals surface area contributed by atoms with Gasteiger partial charge in [0.1, 0.15) is 6.04 Å². The Morgan fingerprint density at radius 1 is 1.28 bits per heavy atom. The van der Waals surface area contributed by atoms with E-state index in [1.165, 1.54) is 4.90 Å². The summed E-state index contributed by atoms with van der Waals surface area (Å²) in [6, 6.07) is -0.589. The van der Waals surface area contributed by atoms with Crippen LogP contribution in [0.15, 0.2) is 0 Å². The Labute approximate surface area is 107 Å². The van der Waals surface area contributed by atoms with Gasteiger partial charge < -0.3 is 9.64 Å². The molecule has 18 heavy (non-hydrogen) atoms. The number of esters is 1. The number of ether oxygens (including phenoxy) is 1. The summed E-state index contributed by atoms with van der Waals surface area (Å²) in [7, 11) is 0. The number of hydrogen-bond acceptors (Lipinski definition) is 4. The molecule has 102 valence electrons. The highest BCUT2D eigenvalue weighted by Gasteiger charge is 2.36. The molecule has 5 nitrogen and oxygen atoms in total. The SMILES string of the molecule is CCOC(=O)C1CCCCN1C(=O)C(=O)C(C)C. The molecule has 0 aromatic rings. The molecular weight excluding hydrogens is 234 g/mol. The van der Waals surface area contributed by atoms with Gasteiger partial charge in [0.25, 0.3) is 5.91 Å². The highest BCUT2D eigenvalue weighted by molar-refractivity contribution is 6.37. The van der Waals surface area contributed by atoms with Crippen LogP contribution in [0.5, 0.6) is 0 Å². The monoisotopic (exact) mass is 255 g/mol. The fraction of sp³-hybridized carbons (Fsp3) is 0.769. The van der Waals surface area contributed by atoms with Crippen LogP contribution >= 0.6 is 0 Å². The lowest BCUT2D eigenvalue weighted by atomic mass is 9.99. The summed E-state index contributed by atoms with van der Waals surface area (Å²) in [4.78, 5) is 36.9. The standard InChI is InChI=1S/C13H21NO4/c1-4-18-13(17)10-7-5-6-8-14(10)12(16)11(15)9(2)3/h9-10H,4-8H2,1-3H3. The van der Waals surface area contributed by atoms with Gasteiger partial charge in [-0.1, -0.05) is 13.8 Å². The molecule has 1 saturated heterocycles. The first kappa shape index (κ1) is 14.7. The highest BCUT2D eigenvalue weighted by atomic mass is 16.5. The number of piperidine rings is 1. The van der Waals surface area contributed by atoms with E-state index in [0.717, 1.165) is 12.8 Å². The number of carbonyl (C=O) groups is 3. The third-order valence-corrected chi connectivity index (χ3v) is 3.06. The zero-order valence-electron chi connectivity index (χ0n) is 11.3. The Bertz CT molecular complexity index is 338. The van der Waals surface area contributed by atoms with E-state index in [9.17, 15) is 14.4 Å². The zero-order chi connectivity index (χ0) is 13.7. The molecule has 5 heteroatoms. The lowest BCUT2D eigenvalue weighted by Gasteiger charge is -2.33. The molecule has 1 atom stereocenters. The van der Waals surface area contributed by atoms with Gasteiger partial charge in [-0.25, -0.2) is 4.79 Å². The average molecular weight is 255 g/mol. The number of amides is 1. The van der Waals surface area contributed by atoms with Crippen LogP contribution in [0.4, 0.5) is 0 Å². The summed E-state index contributed by atoms with van der Waals surface area (Å²) in [5.74, 6) is -1.74. The molecule has 1 aliphatic heterocycles. The number of carbonyl (C=O) groups excluding carboxylic acids is 3. The Morgan fingerprint density at radius 3 is 2.50 bits per heavy atom. The van der Waals surface area contributed by atoms with Crippen LogP contribution < -0.4 is 0 Å². The van der Waals surface area contributed by atoms with Gasteiger partial charge in [-0.15, -0.1) is 0 Å². The predicted octanol–water partition coefficient (Wildman–Crippen LogP) is 1.16. The maximum Gasteiger partial charge on any atom is 0.328 e. The molecule has 1 fully saturated rings. The van der Waals surface area contributed by atoms with E-state index in [-0.39, 0.29) is 12.5 Å². The van der Waals surface area contributed by atoms with Crippen LogP contribution in [-0.2, 0) is 19.1 Å².